The summed E-state index contributed by atoms with van der Waals surface area (Å²) in [6, 6.07) is 12.0. The van der Waals surface area contributed by atoms with E-state index in [-0.39, 0.29) is 5.75 Å². The average Bonchev–Trinajstić information content (AvgIpc) is 2.47. The minimum atomic E-state index is 0.174. The van der Waals surface area contributed by atoms with Crippen LogP contribution in [0.5, 0.6) is 5.75 Å². The van der Waals surface area contributed by atoms with Crippen LogP contribution in [-0.4, -0.2) is 20.1 Å². The van der Waals surface area contributed by atoms with Crippen molar-refractivity contribution in [2.75, 3.05) is 5.32 Å². The standard InChI is InChI=1S/C15H11ClN4O/c16-13-8-14(18-11-4-1-5-12(21)7-11)20-15(19-13)10-3-2-6-17-9-10/h1-9,21H,(H,18,19,20). The van der Waals surface area contributed by atoms with Crippen molar-refractivity contribution in [2.45, 2.75) is 0 Å². The van der Waals surface area contributed by atoms with Crippen LogP contribution < -0.4 is 5.32 Å². The fourth-order valence-corrected chi connectivity index (χ4v) is 2.02. The quantitative estimate of drug-likeness (QED) is 0.722. The van der Waals surface area contributed by atoms with Gasteiger partial charge in [-0.25, -0.2) is 9.97 Å². The third kappa shape index (κ3) is 3.27. The minimum Gasteiger partial charge on any atom is -0.508 e. The van der Waals surface area contributed by atoms with Gasteiger partial charge in [-0.05, 0) is 24.3 Å². The van der Waals surface area contributed by atoms with Gasteiger partial charge in [0.05, 0.1) is 0 Å². The molecule has 5 nitrogen and oxygen atoms in total. The lowest BCUT2D eigenvalue weighted by Crippen LogP contribution is -1.97. The van der Waals surface area contributed by atoms with Gasteiger partial charge in [0.1, 0.15) is 16.7 Å². The van der Waals surface area contributed by atoms with Crippen LogP contribution >= 0.6 is 11.6 Å². The Morgan fingerprint density at radius 1 is 1.05 bits per heavy atom. The van der Waals surface area contributed by atoms with Crippen LogP contribution in [0, 0.1) is 0 Å². The van der Waals surface area contributed by atoms with Gasteiger partial charge in [0.15, 0.2) is 5.82 Å². The number of rotatable bonds is 3. The predicted octanol–water partition coefficient (Wildman–Crippen LogP) is 3.64. The van der Waals surface area contributed by atoms with Gasteiger partial charge in [-0.1, -0.05) is 17.7 Å². The lowest BCUT2D eigenvalue weighted by Gasteiger charge is -2.08. The highest BCUT2D eigenvalue weighted by Gasteiger charge is 2.06. The Labute approximate surface area is 126 Å². The second-order valence-corrected chi connectivity index (χ2v) is 4.70. The number of halogens is 1. The zero-order valence-corrected chi connectivity index (χ0v) is 11.6. The summed E-state index contributed by atoms with van der Waals surface area (Å²) in [5, 5.41) is 12.9. The molecule has 0 bridgehead atoms. The summed E-state index contributed by atoms with van der Waals surface area (Å²) >= 11 is 6.04. The molecule has 3 aromatic rings. The monoisotopic (exact) mass is 298 g/mol. The maximum absolute atomic E-state index is 9.47. The van der Waals surface area contributed by atoms with E-state index in [1.165, 1.54) is 0 Å². The highest BCUT2D eigenvalue weighted by atomic mass is 35.5. The maximum Gasteiger partial charge on any atom is 0.164 e. The first-order chi connectivity index (χ1) is 10.2. The van der Waals surface area contributed by atoms with Crippen molar-refractivity contribution in [3.05, 3.63) is 60.0 Å². The minimum absolute atomic E-state index is 0.174. The summed E-state index contributed by atoms with van der Waals surface area (Å²) in [5.74, 6) is 1.20. The normalized spacial score (nSPS) is 10.3. The fraction of sp³-hybridized carbons (Fsp3) is 0. The maximum atomic E-state index is 9.47. The Hall–Kier alpha value is -2.66. The number of aromatic nitrogens is 3. The smallest absolute Gasteiger partial charge is 0.164 e. The number of phenolic OH excluding ortho intramolecular Hbond substituents is 1. The Bertz CT molecular complexity index is 765. The average molecular weight is 299 g/mol. The van der Waals surface area contributed by atoms with Crippen LogP contribution in [0.15, 0.2) is 54.9 Å². The number of hydrogen-bond acceptors (Lipinski definition) is 5. The van der Waals surface area contributed by atoms with Crippen molar-refractivity contribution >= 4 is 23.1 Å². The molecule has 0 spiro atoms. The number of benzene rings is 1. The molecule has 0 aliphatic heterocycles. The van der Waals surface area contributed by atoms with E-state index in [4.69, 9.17) is 11.6 Å². The fourth-order valence-electron chi connectivity index (χ4n) is 1.84. The van der Waals surface area contributed by atoms with E-state index in [0.717, 1.165) is 5.56 Å². The number of phenols is 1. The third-order valence-electron chi connectivity index (χ3n) is 2.73. The molecule has 0 radical (unpaired) electrons. The van der Waals surface area contributed by atoms with E-state index in [1.807, 2.05) is 18.2 Å². The Morgan fingerprint density at radius 2 is 1.95 bits per heavy atom. The van der Waals surface area contributed by atoms with E-state index in [0.29, 0.717) is 22.5 Å². The van der Waals surface area contributed by atoms with Crippen LogP contribution in [0.3, 0.4) is 0 Å². The Morgan fingerprint density at radius 3 is 2.71 bits per heavy atom. The number of hydrogen-bond donors (Lipinski definition) is 2. The Balaban J connectivity index is 1.95. The zero-order valence-electron chi connectivity index (χ0n) is 10.9. The second-order valence-electron chi connectivity index (χ2n) is 4.32. The molecular formula is C15H11ClN4O. The van der Waals surface area contributed by atoms with E-state index < -0.39 is 0 Å². The van der Waals surface area contributed by atoms with Crippen molar-refractivity contribution in [1.82, 2.24) is 15.0 Å². The highest BCUT2D eigenvalue weighted by Crippen LogP contribution is 2.23. The Kier molecular flexibility index (Phi) is 3.66. The van der Waals surface area contributed by atoms with Gasteiger partial charge < -0.3 is 10.4 Å². The van der Waals surface area contributed by atoms with Crippen LogP contribution in [0.2, 0.25) is 5.15 Å². The number of anilines is 2. The van der Waals surface area contributed by atoms with Gasteiger partial charge in [0, 0.05) is 35.8 Å². The number of nitrogens with zero attached hydrogens (tertiary/aromatic N) is 3. The summed E-state index contributed by atoms with van der Waals surface area (Å²) in [4.78, 5) is 12.6. The van der Waals surface area contributed by atoms with Crippen molar-refractivity contribution in [1.29, 1.82) is 0 Å². The first kappa shape index (κ1) is 13.3. The molecule has 1 aromatic carbocycles. The molecule has 0 saturated carbocycles. The molecule has 0 amide bonds. The van der Waals surface area contributed by atoms with Crippen LogP contribution in [0.1, 0.15) is 0 Å². The van der Waals surface area contributed by atoms with E-state index in [2.05, 4.69) is 20.3 Å². The molecule has 2 N–H and O–H groups in total. The molecule has 0 aliphatic carbocycles. The lowest BCUT2D eigenvalue weighted by molar-refractivity contribution is 0.475. The van der Waals surface area contributed by atoms with Gasteiger partial charge >= 0.3 is 0 Å². The summed E-state index contributed by atoms with van der Waals surface area (Å²) in [6.07, 6.45) is 3.35. The van der Waals surface area contributed by atoms with Crippen molar-refractivity contribution < 1.29 is 5.11 Å². The zero-order chi connectivity index (χ0) is 14.7. The molecule has 3 rings (SSSR count). The SMILES string of the molecule is Oc1cccc(Nc2cc(Cl)nc(-c3cccnc3)n2)c1. The molecular weight excluding hydrogens is 288 g/mol. The second kappa shape index (κ2) is 5.76. The molecule has 2 heterocycles. The third-order valence-corrected chi connectivity index (χ3v) is 2.93. The number of aromatic hydroxyl groups is 1. The van der Waals surface area contributed by atoms with Gasteiger partial charge in [-0.2, -0.15) is 0 Å². The van der Waals surface area contributed by atoms with Gasteiger partial charge in [0.25, 0.3) is 0 Å². The largest absolute Gasteiger partial charge is 0.508 e. The molecule has 104 valence electrons. The molecule has 0 fully saturated rings. The summed E-state index contributed by atoms with van der Waals surface area (Å²) in [5.41, 5.74) is 1.49. The van der Waals surface area contributed by atoms with Crippen LogP contribution in [0.25, 0.3) is 11.4 Å². The van der Waals surface area contributed by atoms with Crippen molar-refractivity contribution in [2.24, 2.45) is 0 Å². The molecule has 21 heavy (non-hydrogen) atoms. The van der Waals surface area contributed by atoms with Crippen LogP contribution in [-0.2, 0) is 0 Å². The van der Waals surface area contributed by atoms with E-state index in [9.17, 15) is 5.11 Å². The van der Waals surface area contributed by atoms with Gasteiger partial charge in [-0.15, -0.1) is 0 Å². The number of pyridine rings is 1. The summed E-state index contributed by atoms with van der Waals surface area (Å²) < 4.78 is 0. The van der Waals surface area contributed by atoms with Gasteiger partial charge in [-0.3, -0.25) is 4.98 Å². The molecule has 6 heteroatoms. The molecule has 0 saturated heterocycles. The van der Waals surface area contributed by atoms with E-state index >= 15 is 0 Å². The molecule has 2 aromatic heterocycles. The van der Waals surface area contributed by atoms with Crippen molar-refractivity contribution in [3.8, 4) is 17.1 Å². The summed E-state index contributed by atoms with van der Waals surface area (Å²) in [7, 11) is 0. The topological polar surface area (TPSA) is 70.9 Å². The van der Waals surface area contributed by atoms with E-state index in [1.54, 1.807) is 36.7 Å². The van der Waals surface area contributed by atoms with Crippen molar-refractivity contribution in [3.63, 3.8) is 0 Å². The first-order valence-electron chi connectivity index (χ1n) is 6.22. The molecule has 0 unspecified atom stereocenters. The highest BCUT2D eigenvalue weighted by molar-refractivity contribution is 6.29. The van der Waals surface area contributed by atoms with Gasteiger partial charge in [0.2, 0.25) is 0 Å². The predicted molar refractivity (Wildman–Crippen MR) is 81.7 cm³/mol. The molecule has 0 atom stereocenters. The summed E-state index contributed by atoms with van der Waals surface area (Å²) in [6.45, 7) is 0. The first-order valence-corrected chi connectivity index (χ1v) is 6.59. The lowest BCUT2D eigenvalue weighted by atomic mass is 10.2. The van der Waals surface area contributed by atoms with Crippen LogP contribution in [0.4, 0.5) is 11.5 Å². The number of nitrogens with one attached hydrogen (secondary N) is 1. The molecule has 0 aliphatic rings.